The second-order valence-electron chi connectivity index (χ2n) is 12.6. The Morgan fingerprint density at radius 3 is 2.57 bits per heavy atom. The van der Waals surface area contributed by atoms with Gasteiger partial charge in [-0.05, 0) is 118 Å². The average molecular weight is 421 g/mol. The van der Waals surface area contributed by atoms with Gasteiger partial charge in [0.2, 0.25) is 0 Å². The van der Waals surface area contributed by atoms with Gasteiger partial charge >= 0.3 is 0 Å². The van der Waals surface area contributed by atoms with E-state index in [1.807, 2.05) is 0 Å². The summed E-state index contributed by atoms with van der Waals surface area (Å²) in [7, 11) is 0. The number of hydrogen-bond donors (Lipinski definition) is 2. The molecule has 0 amide bonds. The van der Waals surface area contributed by atoms with Crippen LogP contribution in [0.3, 0.4) is 0 Å². The van der Waals surface area contributed by atoms with Crippen molar-refractivity contribution in [1.29, 1.82) is 0 Å². The average Bonchev–Trinajstić information content (AvgIpc) is 3.02. The minimum absolute atomic E-state index is 0.137. The number of fused-ring (bicyclic) bond motifs is 5. The topological polar surface area (TPSA) is 40.5 Å². The molecule has 0 saturated heterocycles. The van der Waals surface area contributed by atoms with E-state index >= 15 is 0 Å². The molecule has 4 aliphatic carbocycles. The van der Waals surface area contributed by atoms with E-state index in [4.69, 9.17) is 0 Å². The van der Waals surface area contributed by atoms with Crippen molar-refractivity contribution in [3.8, 4) is 0 Å². The van der Waals surface area contributed by atoms with Crippen LogP contribution in [-0.2, 0) is 0 Å². The SMILES string of the molecule is C[C@H](C(O)CCC(C)(C)F)C1CCC2C3CC=C4CC(O)CCC4(C)C3CCC21C. The van der Waals surface area contributed by atoms with Crippen LogP contribution in [0.25, 0.3) is 0 Å². The van der Waals surface area contributed by atoms with Gasteiger partial charge in [0.25, 0.3) is 0 Å². The summed E-state index contributed by atoms with van der Waals surface area (Å²) in [4.78, 5) is 0. The molecule has 172 valence electrons. The summed E-state index contributed by atoms with van der Waals surface area (Å²) >= 11 is 0. The Hall–Kier alpha value is -0.410. The van der Waals surface area contributed by atoms with Crippen molar-refractivity contribution >= 4 is 0 Å². The summed E-state index contributed by atoms with van der Waals surface area (Å²) in [6.45, 7) is 10.5. The maximum atomic E-state index is 14.0. The van der Waals surface area contributed by atoms with Gasteiger partial charge in [0, 0.05) is 0 Å². The van der Waals surface area contributed by atoms with E-state index in [0.29, 0.717) is 29.6 Å². The highest BCUT2D eigenvalue weighted by Crippen LogP contribution is 2.67. The number of rotatable bonds is 5. The Morgan fingerprint density at radius 2 is 1.87 bits per heavy atom. The first-order valence-corrected chi connectivity index (χ1v) is 12.7. The van der Waals surface area contributed by atoms with Gasteiger partial charge in [-0.2, -0.15) is 0 Å². The highest BCUT2D eigenvalue weighted by Gasteiger charge is 2.59. The molecule has 3 saturated carbocycles. The molecular formula is C27H45FO2. The molecule has 2 N–H and O–H groups in total. The molecule has 9 atom stereocenters. The second kappa shape index (κ2) is 7.87. The van der Waals surface area contributed by atoms with E-state index < -0.39 is 11.8 Å². The van der Waals surface area contributed by atoms with E-state index in [2.05, 4.69) is 26.8 Å². The molecule has 0 aromatic heterocycles. The maximum absolute atomic E-state index is 14.0. The van der Waals surface area contributed by atoms with Gasteiger partial charge in [-0.3, -0.25) is 0 Å². The van der Waals surface area contributed by atoms with Crippen molar-refractivity contribution in [3.63, 3.8) is 0 Å². The molecule has 8 unspecified atom stereocenters. The zero-order valence-corrected chi connectivity index (χ0v) is 20.0. The Kier molecular flexibility index (Phi) is 5.97. The van der Waals surface area contributed by atoms with E-state index in [1.54, 1.807) is 19.4 Å². The lowest BCUT2D eigenvalue weighted by molar-refractivity contribution is -0.0687. The first-order chi connectivity index (χ1) is 14.0. The van der Waals surface area contributed by atoms with Gasteiger partial charge in [-0.1, -0.05) is 32.4 Å². The van der Waals surface area contributed by atoms with Crippen LogP contribution in [0.5, 0.6) is 0 Å². The molecular weight excluding hydrogens is 375 g/mol. The monoisotopic (exact) mass is 420 g/mol. The molecule has 3 heteroatoms. The number of halogens is 1. The lowest BCUT2D eigenvalue weighted by Gasteiger charge is -2.58. The Bertz CT molecular complexity index is 666. The Morgan fingerprint density at radius 1 is 1.13 bits per heavy atom. The Balaban J connectivity index is 1.50. The molecule has 4 aliphatic rings. The normalized spacial score (nSPS) is 45.7. The van der Waals surface area contributed by atoms with Crippen LogP contribution in [0.1, 0.15) is 98.8 Å². The highest BCUT2D eigenvalue weighted by molar-refractivity contribution is 5.25. The van der Waals surface area contributed by atoms with Crippen LogP contribution >= 0.6 is 0 Å². The second-order valence-corrected chi connectivity index (χ2v) is 12.6. The quantitative estimate of drug-likeness (QED) is 0.502. The van der Waals surface area contributed by atoms with Crippen LogP contribution in [0, 0.1) is 40.4 Å². The number of hydrogen-bond acceptors (Lipinski definition) is 2. The minimum Gasteiger partial charge on any atom is -0.393 e. The van der Waals surface area contributed by atoms with Crippen LogP contribution in [0.2, 0.25) is 0 Å². The lowest BCUT2D eigenvalue weighted by atomic mass is 9.47. The third kappa shape index (κ3) is 3.81. The minimum atomic E-state index is -1.20. The highest BCUT2D eigenvalue weighted by atomic mass is 19.1. The first-order valence-electron chi connectivity index (χ1n) is 12.7. The van der Waals surface area contributed by atoms with Crippen LogP contribution < -0.4 is 0 Å². The van der Waals surface area contributed by atoms with Crippen molar-refractivity contribution in [2.45, 2.75) is 117 Å². The molecule has 0 aromatic rings. The van der Waals surface area contributed by atoms with E-state index in [0.717, 1.165) is 37.0 Å². The van der Waals surface area contributed by atoms with Crippen molar-refractivity contribution in [2.75, 3.05) is 0 Å². The molecule has 0 heterocycles. The number of aliphatic hydroxyl groups is 2. The molecule has 2 nitrogen and oxygen atoms in total. The summed E-state index contributed by atoms with van der Waals surface area (Å²) in [5.74, 6) is 3.05. The molecule has 4 rings (SSSR count). The van der Waals surface area contributed by atoms with Gasteiger partial charge in [-0.25, -0.2) is 4.39 Å². The standard InChI is InChI=1S/C27H45FO2/c1-17(24(30)12-13-25(2,3)28)21-8-9-22-20-7-6-18-16-19(29)10-14-26(18,4)23(20)11-15-27(21,22)5/h6,17,19-24,29-30H,7-16H2,1-5H3/t17-,19?,20?,21?,22?,23?,24?,26?,27?/m0/s1. The fourth-order valence-electron chi connectivity index (χ4n) is 8.57. The molecule has 0 radical (unpaired) electrons. The first kappa shape index (κ1) is 22.8. The van der Waals surface area contributed by atoms with Crippen molar-refractivity contribution in [1.82, 2.24) is 0 Å². The van der Waals surface area contributed by atoms with Crippen LogP contribution in [0.4, 0.5) is 4.39 Å². The van der Waals surface area contributed by atoms with Crippen LogP contribution in [-0.4, -0.2) is 28.1 Å². The van der Waals surface area contributed by atoms with Gasteiger partial charge in [0.1, 0.15) is 5.67 Å². The summed E-state index contributed by atoms with van der Waals surface area (Å²) in [6, 6.07) is 0. The molecule has 0 aromatic carbocycles. The summed E-state index contributed by atoms with van der Waals surface area (Å²) < 4.78 is 14.0. The summed E-state index contributed by atoms with van der Waals surface area (Å²) in [6.07, 6.45) is 12.2. The molecule has 0 aliphatic heterocycles. The largest absolute Gasteiger partial charge is 0.393 e. The summed E-state index contributed by atoms with van der Waals surface area (Å²) in [5.41, 5.74) is 0.941. The van der Waals surface area contributed by atoms with Crippen molar-refractivity contribution in [3.05, 3.63) is 11.6 Å². The Labute approximate surface area is 183 Å². The molecule has 0 spiro atoms. The lowest BCUT2D eigenvalue weighted by Crippen LogP contribution is -2.51. The smallest absolute Gasteiger partial charge is 0.105 e. The van der Waals surface area contributed by atoms with Gasteiger partial charge < -0.3 is 10.2 Å². The molecule has 0 bridgehead atoms. The van der Waals surface area contributed by atoms with E-state index in [-0.39, 0.29) is 12.0 Å². The maximum Gasteiger partial charge on any atom is 0.105 e. The van der Waals surface area contributed by atoms with E-state index in [1.165, 1.54) is 32.1 Å². The predicted octanol–water partition coefficient (Wildman–Crippen LogP) is 6.45. The zero-order chi connectivity index (χ0) is 21.9. The molecule has 3 fully saturated rings. The van der Waals surface area contributed by atoms with Crippen molar-refractivity contribution < 1.29 is 14.6 Å². The van der Waals surface area contributed by atoms with Crippen molar-refractivity contribution in [2.24, 2.45) is 40.4 Å². The molecule has 30 heavy (non-hydrogen) atoms. The van der Waals surface area contributed by atoms with Gasteiger partial charge in [0.15, 0.2) is 0 Å². The number of alkyl halides is 1. The third-order valence-electron chi connectivity index (χ3n) is 10.4. The number of aliphatic hydroxyl groups excluding tert-OH is 2. The van der Waals surface area contributed by atoms with Gasteiger partial charge in [-0.15, -0.1) is 0 Å². The fraction of sp³-hybridized carbons (Fsp3) is 0.926. The van der Waals surface area contributed by atoms with E-state index in [9.17, 15) is 14.6 Å². The third-order valence-corrected chi connectivity index (χ3v) is 10.4. The predicted molar refractivity (Wildman–Crippen MR) is 121 cm³/mol. The zero-order valence-electron chi connectivity index (χ0n) is 20.0. The fourth-order valence-corrected chi connectivity index (χ4v) is 8.57. The van der Waals surface area contributed by atoms with Crippen LogP contribution in [0.15, 0.2) is 11.6 Å². The number of allylic oxidation sites excluding steroid dienone is 1. The summed E-state index contributed by atoms with van der Waals surface area (Å²) in [5, 5.41) is 21.1. The van der Waals surface area contributed by atoms with Gasteiger partial charge in [0.05, 0.1) is 12.2 Å².